The predicted octanol–water partition coefficient (Wildman–Crippen LogP) is 4.04. The molecule has 0 spiro atoms. The first-order chi connectivity index (χ1) is 14.2. The SMILES string of the molecule is CCOCCn1c(O)c(N=NC(=O)Cn2cnc3ccccc32)c2ccccc21. The molecular formula is C21H21N5O3. The molecule has 148 valence electrons. The molecule has 0 atom stereocenters. The fraction of sp³-hybridized carbons (Fsp3) is 0.238. The number of imidazole rings is 1. The van der Waals surface area contributed by atoms with E-state index in [0.717, 1.165) is 21.9 Å². The van der Waals surface area contributed by atoms with Crippen molar-refractivity contribution in [2.75, 3.05) is 13.2 Å². The molecule has 0 aliphatic carbocycles. The topological polar surface area (TPSA) is 94.0 Å². The number of hydrogen-bond donors (Lipinski definition) is 1. The first-order valence-electron chi connectivity index (χ1n) is 9.41. The largest absolute Gasteiger partial charge is 0.493 e. The first-order valence-corrected chi connectivity index (χ1v) is 9.41. The molecule has 8 heteroatoms. The second-order valence-corrected chi connectivity index (χ2v) is 6.49. The summed E-state index contributed by atoms with van der Waals surface area (Å²) in [5.74, 6) is -0.464. The summed E-state index contributed by atoms with van der Waals surface area (Å²) in [6.07, 6.45) is 1.61. The normalized spacial score (nSPS) is 11.8. The Bertz CT molecular complexity index is 1190. The van der Waals surface area contributed by atoms with Crippen LogP contribution < -0.4 is 0 Å². The van der Waals surface area contributed by atoms with Crippen LogP contribution in [0.5, 0.6) is 5.88 Å². The average Bonchev–Trinajstić information content (AvgIpc) is 3.26. The molecule has 0 saturated carbocycles. The van der Waals surface area contributed by atoms with Gasteiger partial charge in [-0.3, -0.25) is 4.79 Å². The van der Waals surface area contributed by atoms with E-state index in [9.17, 15) is 9.90 Å². The molecule has 1 N–H and O–H groups in total. The maximum absolute atomic E-state index is 12.4. The van der Waals surface area contributed by atoms with Crippen molar-refractivity contribution in [3.8, 4) is 5.88 Å². The lowest BCUT2D eigenvalue weighted by Gasteiger charge is -2.06. The Labute approximate surface area is 167 Å². The van der Waals surface area contributed by atoms with Crippen LogP contribution >= 0.6 is 0 Å². The van der Waals surface area contributed by atoms with E-state index in [1.54, 1.807) is 15.5 Å². The highest BCUT2D eigenvalue weighted by Crippen LogP contribution is 2.38. The van der Waals surface area contributed by atoms with Gasteiger partial charge in [0.1, 0.15) is 6.54 Å². The van der Waals surface area contributed by atoms with Crippen LogP contribution in [-0.4, -0.2) is 38.3 Å². The highest BCUT2D eigenvalue weighted by Gasteiger charge is 2.16. The molecule has 1 amide bonds. The van der Waals surface area contributed by atoms with E-state index in [-0.39, 0.29) is 18.1 Å². The van der Waals surface area contributed by atoms with E-state index in [2.05, 4.69) is 15.2 Å². The summed E-state index contributed by atoms with van der Waals surface area (Å²) in [5.41, 5.74) is 2.76. The van der Waals surface area contributed by atoms with Gasteiger partial charge in [-0.1, -0.05) is 30.3 Å². The minimum absolute atomic E-state index is 0.0216. The summed E-state index contributed by atoms with van der Waals surface area (Å²) in [6.45, 7) is 3.48. The highest BCUT2D eigenvalue weighted by molar-refractivity contribution is 5.95. The third-order valence-corrected chi connectivity index (χ3v) is 4.68. The van der Waals surface area contributed by atoms with Crippen LogP contribution in [-0.2, 0) is 22.6 Å². The van der Waals surface area contributed by atoms with Gasteiger partial charge in [0.25, 0.3) is 5.91 Å². The number of ether oxygens (including phenoxy) is 1. The number of fused-ring (bicyclic) bond motifs is 2. The van der Waals surface area contributed by atoms with Crippen LogP contribution in [0.2, 0.25) is 0 Å². The fourth-order valence-corrected chi connectivity index (χ4v) is 3.32. The number of carbonyl (C=O) groups is 1. The summed E-state index contributed by atoms with van der Waals surface area (Å²) in [7, 11) is 0. The zero-order valence-electron chi connectivity index (χ0n) is 16.0. The van der Waals surface area contributed by atoms with Crippen LogP contribution in [0.3, 0.4) is 0 Å². The molecule has 0 aliphatic heterocycles. The Hall–Kier alpha value is -3.52. The zero-order valence-corrected chi connectivity index (χ0v) is 16.0. The second-order valence-electron chi connectivity index (χ2n) is 6.49. The molecule has 0 fully saturated rings. The molecule has 4 aromatic rings. The number of amides is 1. The summed E-state index contributed by atoms with van der Waals surface area (Å²) >= 11 is 0. The van der Waals surface area contributed by atoms with E-state index < -0.39 is 5.91 Å². The van der Waals surface area contributed by atoms with Crippen molar-refractivity contribution in [1.82, 2.24) is 14.1 Å². The van der Waals surface area contributed by atoms with Crippen molar-refractivity contribution in [3.05, 3.63) is 54.9 Å². The van der Waals surface area contributed by atoms with Crippen molar-refractivity contribution < 1.29 is 14.6 Å². The molecule has 0 unspecified atom stereocenters. The maximum Gasteiger partial charge on any atom is 0.284 e. The number of para-hydroxylation sites is 3. The first kappa shape index (κ1) is 18.8. The van der Waals surface area contributed by atoms with Crippen LogP contribution in [0, 0.1) is 0 Å². The van der Waals surface area contributed by atoms with Gasteiger partial charge >= 0.3 is 0 Å². The maximum atomic E-state index is 12.4. The molecule has 8 nitrogen and oxygen atoms in total. The molecule has 0 radical (unpaired) electrons. The van der Waals surface area contributed by atoms with Crippen LogP contribution in [0.15, 0.2) is 65.1 Å². The van der Waals surface area contributed by atoms with Gasteiger partial charge in [0.2, 0.25) is 5.88 Å². The number of rotatable bonds is 7. The second kappa shape index (κ2) is 8.24. The summed E-state index contributed by atoms with van der Waals surface area (Å²) in [4.78, 5) is 16.6. The summed E-state index contributed by atoms with van der Waals surface area (Å²) < 4.78 is 8.83. The molecule has 4 rings (SSSR count). The van der Waals surface area contributed by atoms with E-state index >= 15 is 0 Å². The van der Waals surface area contributed by atoms with E-state index in [1.165, 1.54) is 0 Å². The molecule has 29 heavy (non-hydrogen) atoms. The van der Waals surface area contributed by atoms with Crippen LogP contribution in [0.25, 0.3) is 21.9 Å². The lowest BCUT2D eigenvalue weighted by Crippen LogP contribution is -2.05. The Balaban J connectivity index is 1.59. The van der Waals surface area contributed by atoms with E-state index in [0.29, 0.717) is 19.8 Å². The number of aromatic nitrogens is 3. The zero-order chi connectivity index (χ0) is 20.2. The lowest BCUT2D eigenvalue weighted by molar-refractivity contribution is -0.118. The molecule has 0 aliphatic rings. The van der Waals surface area contributed by atoms with Gasteiger partial charge in [-0.25, -0.2) is 4.98 Å². The van der Waals surface area contributed by atoms with Gasteiger partial charge in [0, 0.05) is 18.5 Å². The van der Waals surface area contributed by atoms with Gasteiger partial charge in [-0.15, -0.1) is 10.2 Å². The minimum Gasteiger partial charge on any atom is -0.493 e. The molecule has 2 aromatic carbocycles. The van der Waals surface area contributed by atoms with Gasteiger partial charge in [0.15, 0.2) is 5.69 Å². The van der Waals surface area contributed by atoms with Crippen molar-refractivity contribution in [2.45, 2.75) is 20.0 Å². The third kappa shape index (κ3) is 3.74. The number of hydrogen-bond acceptors (Lipinski definition) is 5. The van der Waals surface area contributed by atoms with Crippen molar-refractivity contribution in [1.29, 1.82) is 0 Å². The average molecular weight is 391 g/mol. The minimum atomic E-state index is -0.432. The third-order valence-electron chi connectivity index (χ3n) is 4.68. The van der Waals surface area contributed by atoms with E-state index in [1.807, 2.05) is 55.5 Å². The number of azo groups is 1. The molecule has 0 saturated heterocycles. The fourth-order valence-electron chi connectivity index (χ4n) is 3.32. The number of carbonyl (C=O) groups excluding carboxylic acids is 1. The summed E-state index contributed by atoms with van der Waals surface area (Å²) in [6, 6.07) is 15.0. The molecule has 2 heterocycles. The Kier molecular flexibility index (Phi) is 5.35. The van der Waals surface area contributed by atoms with Crippen LogP contribution in [0.4, 0.5) is 5.69 Å². The van der Waals surface area contributed by atoms with Gasteiger partial charge < -0.3 is 19.0 Å². The number of aromatic hydroxyl groups is 1. The lowest BCUT2D eigenvalue weighted by atomic mass is 10.2. The van der Waals surface area contributed by atoms with Gasteiger partial charge in [-0.05, 0) is 25.1 Å². The van der Waals surface area contributed by atoms with Gasteiger partial charge in [-0.2, -0.15) is 0 Å². The van der Waals surface area contributed by atoms with Gasteiger partial charge in [0.05, 0.1) is 29.5 Å². The van der Waals surface area contributed by atoms with E-state index in [4.69, 9.17) is 4.74 Å². The smallest absolute Gasteiger partial charge is 0.284 e. The Morgan fingerprint density at radius 1 is 1.14 bits per heavy atom. The molecule has 2 aromatic heterocycles. The Morgan fingerprint density at radius 3 is 2.72 bits per heavy atom. The quantitative estimate of drug-likeness (QED) is 0.380. The standard InChI is InChI=1S/C21H21N5O3/c1-2-29-12-11-26-17-9-5-3-7-15(17)20(21(26)28)24-23-19(27)13-25-14-22-16-8-4-6-10-18(16)25/h3-10,14,28H,2,11-13H2,1H3. The monoisotopic (exact) mass is 391 g/mol. The molecule has 0 bridgehead atoms. The predicted molar refractivity (Wildman–Crippen MR) is 109 cm³/mol. The highest BCUT2D eigenvalue weighted by atomic mass is 16.5. The summed E-state index contributed by atoms with van der Waals surface area (Å²) in [5, 5.41) is 19.3. The Morgan fingerprint density at radius 2 is 1.90 bits per heavy atom. The van der Waals surface area contributed by atoms with Crippen molar-refractivity contribution in [3.63, 3.8) is 0 Å². The van der Waals surface area contributed by atoms with Crippen molar-refractivity contribution >= 4 is 33.5 Å². The van der Waals surface area contributed by atoms with Crippen molar-refractivity contribution in [2.24, 2.45) is 10.2 Å². The van der Waals surface area contributed by atoms with Crippen LogP contribution in [0.1, 0.15) is 6.92 Å². The molecular weight excluding hydrogens is 370 g/mol. The number of benzene rings is 2. The number of nitrogens with zero attached hydrogens (tertiary/aromatic N) is 5.